The highest BCUT2D eigenvalue weighted by atomic mass is 19.1. The van der Waals surface area contributed by atoms with Crippen molar-refractivity contribution in [3.63, 3.8) is 0 Å². The first-order chi connectivity index (χ1) is 9.62. The SMILES string of the molecule is CCN(Cc1cc(N)cc(OC)c1)c1cccc(F)c1. The summed E-state index contributed by atoms with van der Waals surface area (Å²) in [5.41, 5.74) is 8.41. The number of rotatable bonds is 5. The largest absolute Gasteiger partial charge is 0.497 e. The molecule has 2 N–H and O–H groups in total. The zero-order valence-corrected chi connectivity index (χ0v) is 11.8. The van der Waals surface area contributed by atoms with Gasteiger partial charge in [0.1, 0.15) is 11.6 Å². The van der Waals surface area contributed by atoms with Crippen LogP contribution in [0.4, 0.5) is 15.8 Å². The van der Waals surface area contributed by atoms with Crippen LogP contribution in [0.2, 0.25) is 0 Å². The number of anilines is 2. The zero-order valence-electron chi connectivity index (χ0n) is 11.8. The average molecular weight is 274 g/mol. The lowest BCUT2D eigenvalue weighted by molar-refractivity contribution is 0.414. The van der Waals surface area contributed by atoms with Gasteiger partial charge in [-0.25, -0.2) is 4.39 Å². The summed E-state index contributed by atoms with van der Waals surface area (Å²) in [4.78, 5) is 2.08. The molecule has 2 aromatic rings. The Bertz CT molecular complexity index is 586. The fourth-order valence-corrected chi connectivity index (χ4v) is 2.17. The molecule has 3 nitrogen and oxygen atoms in total. The molecule has 0 bridgehead atoms. The van der Waals surface area contributed by atoms with Gasteiger partial charge in [-0.05, 0) is 42.8 Å². The molecule has 0 aromatic heterocycles. The van der Waals surface area contributed by atoms with E-state index in [1.807, 2.05) is 25.1 Å². The van der Waals surface area contributed by atoms with Crippen molar-refractivity contribution in [3.05, 3.63) is 53.8 Å². The van der Waals surface area contributed by atoms with Crippen LogP contribution in [-0.4, -0.2) is 13.7 Å². The maximum absolute atomic E-state index is 13.3. The van der Waals surface area contributed by atoms with Crippen molar-refractivity contribution in [2.75, 3.05) is 24.3 Å². The third-order valence-electron chi connectivity index (χ3n) is 3.15. The van der Waals surface area contributed by atoms with Gasteiger partial charge >= 0.3 is 0 Å². The summed E-state index contributed by atoms with van der Waals surface area (Å²) in [6.45, 7) is 3.47. The lowest BCUT2D eigenvalue weighted by Crippen LogP contribution is -2.22. The lowest BCUT2D eigenvalue weighted by Gasteiger charge is -2.23. The van der Waals surface area contributed by atoms with Crippen LogP contribution in [0.25, 0.3) is 0 Å². The third kappa shape index (κ3) is 3.41. The predicted molar refractivity (Wildman–Crippen MR) is 80.5 cm³/mol. The molecule has 2 rings (SSSR count). The van der Waals surface area contributed by atoms with E-state index in [1.165, 1.54) is 12.1 Å². The quantitative estimate of drug-likeness (QED) is 0.849. The van der Waals surface area contributed by atoms with Gasteiger partial charge in [0, 0.05) is 30.5 Å². The number of methoxy groups -OCH3 is 1. The molecule has 4 heteroatoms. The molecule has 0 fully saturated rings. The summed E-state index contributed by atoms with van der Waals surface area (Å²) in [6, 6.07) is 12.2. The Morgan fingerprint density at radius 3 is 2.65 bits per heavy atom. The van der Waals surface area contributed by atoms with E-state index >= 15 is 0 Å². The van der Waals surface area contributed by atoms with Crippen molar-refractivity contribution >= 4 is 11.4 Å². The Labute approximate surface area is 118 Å². The summed E-state index contributed by atoms with van der Waals surface area (Å²) in [7, 11) is 1.61. The first-order valence-electron chi connectivity index (χ1n) is 6.56. The number of hydrogen-bond donors (Lipinski definition) is 1. The van der Waals surface area contributed by atoms with Gasteiger partial charge in [0.25, 0.3) is 0 Å². The van der Waals surface area contributed by atoms with E-state index in [2.05, 4.69) is 4.90 Å². The van der Waals surface area contributed by atoms with Crippen LogP contribution in [-0.2, 0) is 6.54 Å². The molecule has 0 amide bonds. The van der Waals surface area contributed by atoms with Crippen LogP contribution in [0.3, 0.4) is 0 Å². The van der Waals surface area contributed by atoms with Gasteiger partial charge in [-0.1, -0.05) is 6.07 Å². The van der Waals surface area contributed by atoms with Gasteiger partial charge in [0.05, 0.1) is 7.11 Å². The zero-order chi connectivity index (χ0) is 14.5. The number of halogens is 1. The van der Waals surface area contributed by atoms with Crippen LogP contribution in [0.1, 0.15) is 12.5 Å². The Kier molecular flexibility index (Phi) is 4.45. The van der Waals surface area contributed by atoms with Crippen molar-refractivity contribution in [2.45, 2.75) is 13.5 Å². The van der Waals surface area contributed by atoms with Crippen molar-refractivity contribution < 1.29 is 9.13 Å². The number of hydrogen-bond acceptors (Lipinski definition) is 3. The monoisotopic (exact) mass is 274 g/mol. The highest BCUT2D eigenvalue weighted by molar-refractivity contribution is 5.51. The van der Waals surface area contributed by atoms with Gasteiger partial charge in [-0.2, -0.15) is 0 Å². The van der Waals surface area contributed by atoms with E-state index in [1.54, 1.807) is 19.2 Å². The summed E-state index contributed by atoms with van der Waals surface area (Å²) in [6.07, 6.45) is 0. The first kappa shape index (κ1) is 14.2. The van der Waals surface area contributed by atoms with E-state index < -0.39 is 0 Å². The Morgan fingerprint density at radius 1 is 1.20 bits per heavy atom. The van der Waals surface area contributed by atoms with Gasteiger partial charge in [0.15, 0.2) is 0 Å². The van der Waals surface area contributed by atoms with E-state index in [-0.39, 0.29) is 5.82 Å². The standard InChI is InChI=1S/C16H19FN2O/c1-3-19(15-6-4-5-13(17)9-15)11-12-7-14(18)10-16(8-12)20-2/h4-10H,3,11,18H2,1-2H3. The first-order valence-corrected chi connectivity index (χ1v) is 6.56. The van der Waals surface area contributed by atoms with E-state index in [0.717, 1.165) is 23.5 Å². The predicted octanol–water partition coefficient (Wildman–Crippen LogP) is 3.44. The highest BCUT2D eigenvalue weighted by Gasteiger charge is 2.08. The normalized spacial score (nSPS) is 10.3. The molecular weight excluding hydrogens is 255 g/mol. The molecule has 0 saturated heterocycles. The van der Waals surface area contributed by atoms with E-state index in [0.29, 0.717) is 12.2 Å². The number of nitrogens with two attached hydrogens (primary N) is 1. The number of benzene rings is 2. The second-order valence-electron chi connectivity index (χ2n) is 4.61. The summed E-state index contributed by atoms with van der Waals surface area (Å²) in [5, 5.41) is 0. The fraction of sp³-hybridized carbons (Fsp3) is 0.250. The maximum atomic E-state index is 13.3. The minimum atomic E-state index is -0.230. The van der Waals surface area contributed by atoms with Gasteiger partial charge < -0.3 is 15.4 Å². The molecule has 0 heterocycles. The van der Waals surface area contributed by atoms with E-state index in [9.17, 15) is 4.39 Å². The van der Waals surface area contributed by atoms with Gasteiger partial charge in [-0.3, -0.25) is 0 Å². The molecule has 0 unspecified atom stereocenters. The second kappa shape index (κ2) is 6.28. The minimum Gasteiger partial charge on any atom is -0.497 e. The molecule has 0 aliphatic heterocycles. The molecule has 0 aliphatic rings. The summed E-state index contributed by atoms with van der Waals surface area (Å²) < 4.78 is 18.5. The number of nitrogen functional groups attached to an aromatic ring is 1. The van der Waals surface area contributed by atoms with Crippen LogP contribution in [0.5, 0.6) is 5.75 Å². The second-order valence-corrected chi connectivity index (χ2v) is 4.61. The van der Waals surface area contributed by atoms with Crippen molar-refractivity contribution in [1.29, 1.82) is 0 Å². The molecule has 0 radical (unpaired) electrons. The van der Waals surface area contributed by atoms with Crippen LogP contribution in [0.15, 0.2) is 42.5 Å². The van der Waals surface area contributed by atoms with Gasteiger partial charge in [0.2, 0.25) is 0 Å². The summed E-state index contributed by atoms with van der Waals surface area (Å²) >= 11 is 0. The molecule has 0 aliphatic carbocycles. The molecule has 20 heavy (non-hydrogen) atoms. The topological polar surface area (TPSA) is 38.5 Å². The fourth-order valence-electron chi connectivity index (χ4n) is 2.17. The number of nitrogens with zero attached hydrogens (tertiary/aromatic N) is 1. The van der Waals surface area contributed by atoms with Crippen LogP contribution in [0, 0.1) is 5.82 Å². The molecule has 2 aromatic carbocycles. The van der Waals surface area contributed by atoms with Crippen LogP contribution < -0.4 is 15.4 Å². The average Bonchev–Trinajstić information content (AvgIpc) is 2.44. The molecule has 106 valence electrons. The highest BCUT2D eigenvalue weighted by Crippen LogP contribution is 2.22. The van der Waals surface area contributed by atoms with Crippen molar-refractivity contribution in [3.8, 4) is 5.75 Å². The Hall–Kier alpha value is -2.23. The van der Waals surface area contributed by atoms with Crippen LogP contribution >= 0.6 is 0 Å². The minimum absolute atomic E-state index is 0.230. The van der Waals surface area contributed by atoms with Crippen molar-refractivity contribution in [1.82, 2.24) is 0 Å². The van der Waals surface area contributed by atoms with Gasteiger partial charge in [-0.15, -0.1) is 0 Å². The molecule has 0 atom stereocenters. The van der Waals surface area contributed by atoms with E-state index in [4.69, 9.17) is 10.5 Å². The van der Waals surface area contributed by atoms with Crippen molar-refractivity contribution in [2.24, 2.45) is 0 Å². The lowest BCUT2D eigenvalue weighted by atomic mass is 10.1. The smallest absolute Gasteiger partial charge is 0.125 e. The molecule has 0 spiro atoms. The Balaban J connectivity index is 2.24. The summed E-state index contributed by atoms with van der Waals surface area (Å²) in [5.74, 6) is 0.501. The molecular formula is C16H19FN2O. The maximum Gasteiger partial charge on any atom is 0.125 e. The third-order valence-corrected chi connectivity index (χ3v) is 3.15. The Morgan fingerprint density at radius 2 is 2.00 bits per heavy atom. The molecule has 0 saturated carbocycles. The number of ether oxygens (including phenoxy) is 1.